The van der Waals surface area contributed by atoms with Crippen LogP contribution in [0.3, 0.4) is 0 Å². The molecule has 0 fully saturated rings. The van der Waals surface area contributed by atoms with Gasteiger partial charge in [0.1, 0.15) is 0 Å². The van der Waals surface area contributed by atoms with E-state index in [1.807, 2.05) is 41.2 Å². The van der Waals surface area contributed by atoms with Crippen molar-refractivity contribution >= 4 is 23.2 Å². The largest absolute Gasteiger partial charge is 0.354 e. The van der Waals surface area contributed by atoms with Crippen LogP contribution in [0.1, 0.15) is 6.42 Å². The van der Waals surface area contributed by atoms with Gasteiger partial charge in [0, 0.05) is 25.4 Å². The minimum Gasteiger partial charge on any atom is -0.354 e. The van der Waals surface area contributed by atoms with Gasteiger partial charge in [-0.25, -0.2) is 0 Å². The number of carbonyl (C=O) groups is 1. The molecule has 0 saturated carbocycles. The molecule has 1 N–H and O–H groups in total. The van der Waals surface area contributed by atoms with E-state index in [1.165, 1.54) is 0 Å². The Morgan fingerprint density at radius 1 is 1.18 bits per heavy atom. The van der Waals surface area contributed by atoms with Crippen molar-refractivity contribution in [2.45, 2.75) is 13.0 Å². The highest BCUT2D eigenvalue weighted by Crippen LogP contribution is 2.20. The highest BCUT2D eigenvalue weighted by atomic mass is 35.5. The van der Waals surface area contributed by atoms with Gasteiger partial charge in [0.05, 0.1) is 10.7 Å². The predicted octanol–water partition coefficient (Wildman–Crippen LogP) is 3.17. The molecule has 1 heterocycles. The highest BCUT2D eigenvalue weighted by Gasteiger charge is 2.04. The zero-order valence-electron chi connectivity index (χ0n) is 9.27. The van der Waals surface area contributed by atoms with Crippen LogP contribution in [-0.4, -0.2) is 10.5 Å². The monoisotopic (exact) mass is 248 g/mol. The molecular formula is C13H13ClN2O. The smallest absolute Gasteiger partial charge is 0.226 e. The van der Waals surface area contributed by atoms with Crippen molar-refractivity contribution in [2.75, 3.05) is 5.32 Å². The fourth-order valence-corrected chi connectivity index (χ4v) is 1.71. The first kappa shape index (κ1) is 11.7. The summed E-state index contributed by atoms with van der Waals surface area (Å²) < 4.78 is 1.96. The third kappa shape index (κ3) is 3.36. The number of para-hydroxylation sites is 1. The number of anilines is 1. The standard InChI is InChI=1S/C13H13ClN2O/c14-11-5-1-2-6-12(11)15-13(17)7-10-16-8-3-4-9-16/h1-6,8-9H,7,10H2,(H,15,17). The van der Waals surface area contributed by atoms with E-state index >= 15 is 0 Å². The number of hydrogen-bond acceptors (Lipinski definition) is 1. The number of carbonyl (C=O) groups excluding carboxylic acids is 1. The second-order valence-electron chi connectivity index (χ2n) is 3.70. The van der Waals surface area contributed by atoms with E-state index in [0.717, 1.165) is 0 Å². The molecule has 1 amide bonds. The Kier molecular flexibility index (Phi) is 3.83. The van der Waals surface area contributed by atoms with Gasteiger partial charge in [-0.1, -0.05) is 23.7 Å². The summed E-state index contributed by atoms with van der Waals surface area (Å²) in [6, 6.07) is 11.1. The maximum Gasteiger partial charge on any atom is 0.226 e. The fraction of sp³-hybridized carbons (Fsp3) is 0.154. The second kappa shape index (κ2) is 5.55. The lowest BCUT2D eigenvalue weighted by molar-refractivity contribution is -0.116. The quantitative estimate of drug-likeness (QED) is 0.886. The number of benzene rings is 1. The van der Waals surface area contributed by atoms with Gasteiger partial charge < -0.3 is 9.88 Å². The first-order valence-electron chi connectivity index (χ1n) is 5.41. The van der Waals surface area contributed by atoms with Gasteiger partial charge in [0.15, 0.2) is 0 Å². The Balaban J connectivity index is 1.87. The molecule has 0 unspecified atom stereocenters. The summed E-state index contributed by atoms with van der Waals surface area (Å²) in [5.74, 6) is -0.0354. The maximum absolute atomic E-state index is 11.7. The van der Waals surface area contributed by atoms with Gasteiger partial charge >= 0.3 is 0 Å². The molecule has 1 aromatic carbocycles. The van der Waals surface area contributed by atoms with E-state index in [4.69, 9.17) is 11.6 Å². The second-order valence-corrected chi connectivity index (χ2v) is 4.11. The first-order valence-corrected chi connectivity index (χ1v) is 5.78. The maximum atomic E-state index is 11.7. The molecule has 0 radical (unpaired) electrons. The van der Waals surface area contributed by atoms with Crippen LogP contribution in [0.25, 0.3) is 0 Å². The lowest BCUT2D eigenvalue weighted by Crippen LogP contribution is -2.14. The van der Waals surface area contributed by atoms with Crippen molar-refractivity contribution in [3.63, 3.8) is 0 Å². The van der Waals surface area contributed by atoms with Gasteiger partial charge in [-0.05, 0) is 24.3 Å². The van der Waals surface area contributed by atoms with Crippen molar-refractivity contribution in [3.8, 4) is 0 Å². The Hall–Kier alpha value is -1.74. The molecule has 2 aromatic rings. The van der Waals surface area contributed by atoms with Gasteiger partial charge in [-0.2, -0.15) is 0 Å². The summed E-state index contributed by atoms with van der Waals surface area (Å²) in [4.78, 5) is 11.7. The summed E-state index contributed by atoms with van der Waals surface area (Å²) in [5.41, 5.74) is 0.659. The summed E-state index contributed by atoms with van der Waals surface area (Å²) in [7, 11) is 0. The minimum atomic E-state index is -0.0354. The highest BCUT2D eigenvalue weighted by molar-refractivity contribution is 6.33. The molecule has 17 heavy (non-hydrogen) atoms. The van der Waals surface area contributed by atoms with Crippen LogP contribution in [0.15, 0.2) is 48.8 Å². The van der Waals surface area contributed by atoms with E-state index in [1.54, 1.807) is 12.1 Å². The fourth-order valence-electron chi connectivity index (χ4n) is 1.53. The Morgan fingerprint density at radius 2 is 1.88 bits per heavy atom. The van der Waals surface area contributed by atoms with E-state index in [9.17, 15) is 4.79 Å². The van der Waals surface area contributed by atoms with Gasteiger partial charge in [0.2, 0.25) is 5.91 Å². The average Bonchev–Trinajstić information content (AvgIpc) is 2.82. The Morgan fingerprint density at radius 3 is 2.59 bits per heavy atom. The van der Waals surface area contributed by atoms with Crippen LogP contribution in [0.4, 0.5) is 5.69 Å². The molecule has 0 aliphatic rings. The van der Waals surface area contributed by atoms with Crippen LogP contribution in [0.5, 0.6) is 0 Å². The molecule has 88 valence electrons. The van der Waals surface area contributed by atoms with Crippen molar-refractivity contribution in [1.29, 1.82) is 0 Å². The molecular weight excluding hydrogens is 236 g/mol. The predicted molar refractivity (Wildman–Crippen MR) is 69.1 cm³/mol. The summed E-state index contributed by atoms with van der Waals surface area (Å²) in [6.45, 7) is 0.670. The number of hydrogen-bond donors (Lipinski definition) is 1. The number of rotatable bonds is 4. The van der Waals surface area contributed by atoms with Gasteiger partial charge in [0.25, 0.3) is 0 Å². The van der Waals surface area contributed by atoms with E-state index < -0.39 is 0 Å². The molecule has 4 heteroatoms. The zero-order valence-corrected chi connectivity index (χ0v) is 10.0. The molecule has 0 spiro atoms. The van der Waals surface area contributed by atoms with E-state index in [2.05, 4.69) is 5.32 Å². The van der Waals surface area contributed by atoms with Crippen molar-refractivity contribution in [3.05, 3.63) is 53.8 Å². The van der Waals surface area contributed by atoms with Gasteiger partial charge in [-0.15, -0.1) is 0 Å². The Bertz CT molecular complexity index is 494. The lowest BCUT2D eigenvalue weighted by atomic mass is 10.3. The van der Waals surface area contributed by atoms with Crippen LogP contribution >= 0.6 is 11.6 Å². The van der Waals surface area contributed by atoms with E-state index in [0.29, 0.717) is 23.7 Å². The van der Waals surface area contributed by atoms with Crippen molar-refractivity contribution in [1.82, 2.24) is 4.57 Å². The molecule has 0 aliphatic heterocycles. The van der Waals surface area contributed by atoms with Crippen LogP contribution in [-0.2, 0) is 11.3 Å². The molecule has 3 nitrogen and oxygen atoms in total. The summed E-state index contributed by atoms with van der Waals surface area (Å²) >= 11 is 5.95. The number of halogens is 1. The number of nitrogens with one attached hydrogen (secondary N) is 1. The number of aromatic nitrogens is 1. The van der Waals surface area contributed by atoms with Crippen molar-refractivity contribution < 1.29 is 4.79 Å². The van der Waals surface area contributed by atoms with Crippen LogP contribution in [0, 0.1) is 0 Å². The van der Waals surface area contributed by atoms with Crippen LogP contribution < -0.4 is 5.32 Å². The molecule has 0 bridgehead atoms. The summed E-state index contributed by atoms with van der Waals surface area (Å²) in [5, 5.41) is 3.35. The zero-order chi connectivity index (χ0) is 12.1. The normalized spacial score (nSPS) is 10.2. The minimum absolute atomic E-state index is 0.0354. The summed E-state index contributed by atoms with van der Waals surface area (Å²) in [6.07, 6.45) is 4.30. The average molecular weight is 249 g/mol. The molecule has 0 atom stereocenters. The first-order chi connectivity index (χ1) is 8.25. The van der Waals surface area contributed by atoms with Gasteiger partial charge in [-0.3, -0.25) is 4.79 Å². The molecule has 0 aliphatic carbocycles. The number of aryl methyl sites for hydroxylation is 1. The number of nitrogens with zero attached hydrogens (tertiary/aromatic N) is 1. The lowest BCUT2D eigenvalue weighted by Gasteiger charge is -2.07. The Labute approximate surface area is 105 Å². The number of amides is 1. The SMILES string of the molecule is O=C(CCn1cccc1)Nc1ccccc1Cl. The molecule has 1 aromatic heterocycles. The van der Waals surface area contributed by atoms with Crippen LogP contribution in [0.2, 0.25) is 5.02 Å². The van der Waals surface area contributed by atoms with E-state index in [-0.39, 0.29) is 5.91 Å². The van der Waals surface area contributed by atoms with Crippen molar-refractivity contribution in [2.24, 2.45) is 0 Å². The third-order valence-corrected chi connectivity index (χ3v) is 2.74. The molecule has 2 rings (SSSR count). The molecule has 0 saturated heterocycles. The topological polar surface area (TPSA) is 34.0 Å². The third-order valence-electron chi connectivity index (χ3n) is 2.41.